The van der Waals surface area contributed by atoms with Crippen molar-refractivity contribution in [3.8, 4) is 5.88 Å². The number of halogens is 1. The van der Waals surface area contributed by atoms with E-state index in [0.717, 1.165) is 41.3 Å². The average molecular weight is 458 g/mol. The first kappa shape index (κ1) is 21.1. The van der Waals surface area contributed by atoms with Crippen LogP contribution in [-0.4, -0.2) is 38.6 Å². The average Bonchev–Trinajstić information content (AvgIpc) is 2.97. The molecule has 0 spiro atoms. The van der Waals surface area contributed by atoms with Crippen molar-refractivity contribution in [3.63, 3.8) is 0 Å². The molecule has 0 aliphatic carbocycles. The number of aromatic hydroxyl groups is 1. The highest BCUT2D eigenvalue weighted by atomic mass is 79.9. The first-order valence-corrected chi connectivity index (χ1v) is 10.4. The Bertz CT molecular complexity index is 1010. The van der Waals surface area contributed by atoms with Gasteiger partial charge in [-0.05, 0) is 56.3 Å². The van der Waals surface area contributed by atoms with Gasteiger partial charge in [-0.2, -0.15) is 0 Å². The van der Waals surface area contributed by atoms with Gasteiger partial charge in [0.15, 0.2) is 5.69 Å². The molecule has 0 aliphatic rings. The summed E-state index contributed by atoms with van der Waals surface area (Å²) in [4.78, 5) is 18.5. The van der Waals surface area contributed by atoms with Gasteiger partial charge in [0.25, 0.3) is 5.91 Å². The summed E-state index contributed by atoms with van der Waals surface area (Å²) in [6.07, 6.45) is 5.11. The van der Waals surface area contributed by atoms with E-state index in [1.165, 1.54) is 12.4 Å². The molecule has 1 N–H and O–H groups in total. The summed E-state index contributed by atoms with van der Waals surface area (Å²) in [7, 11) is 0. The quantitative estimate of drug-likeness (QED) is 0.452. The maximum atomic E-state index is 12.3. The Morgan fingerprint density at radius 1 is 1.17 bits per heavy atom. The van der Waals surface area contributed by atoms with Crippen LogP contribution in [0.1, 0.15) is 37.0 Å². The van der Waals surface area contributed by atoms with Crippen LogP contribution in [0.2, 0.25) is 0 Å². The van der Waals surface area contributed by atoms with Crippen molar-refractivity contribution in [2.45, 2.75) is 33.4 Å². The summed E-state index contributed by atoms with van der Waals surface area (Å²) >= 11 is 3.47. The van der Waals surface area contributed by atoms with Gasteiger partial charge < -0.3 is 5.11 Å². The van der Waals surface area contributed by atoms with Gasteiger partial charge in [0.2, 0.25) is 5.88 Å². The van der Waals surface area contributed by atoms with Crippen molar-refractivity contribution in [2.24, 2.45) is 10.2 Å². The number of benzene rings is 1. The maximum absolute atomic E-state index is 12.3. The number of carbonyl (C=O) groups excluding carboxylic acids is 1. The molecule has 0 unspecified atom stereocenters. The largest absolute Gasteiger partial charge is 0.493 e. The van der Waals surface area contributed by atoms with Crippen molar-refractivity contribution >= 4 is 38.4 Å². The minimum atomic E-state index is -0.485. The molecule has 1 amide bonds. The molecule has 0 fully saturated rings. The lowest BCUT2D eigenvalue weighted by molar-refractivity contribution is 0.0995. The molecule has 0 radical (unpaired) electrons. The van der Waals surface area contributed by atoms with Crippen LogP contribution in [0.25, 0.3) is 10.9 Å². The standard InChI is InChI=1S/C21H24BrN5O2/c1-3-11-26(12-4-2)14-27-18-6-5-16(22)13-17(18)19(21(27)29)24-25-20(28)15-7-9-23-10-8-15/h5-10,13,29H,3-4,11-12,14H2,1-2H3. The zero-order valence-corrected chi connectivity index (χ0v) is 18.1. The highest BCUT2D eigenvalue weighted by Gasteiger charge is 2.19. The SMILES string of the molecule is CCCN(CCC)Cn1c(O)c(N=NC(=O)c2ccncc2)c2cc(Br)ccc21. The zero-order chi connectivity index (χ0) is 20.8. The summed E-state index contributed by atoms with van der Waals surface area (Å²) in [5, 5.41) is 19.6. The number of nitrogens with zero attached hydrogens (tertiary/aromatic N) is 5. The summed E-state index contributed by atoms with van der Waals surface area (Å²) in [6, 6.07) is 8.88. The molecular weight excluding hydrogens is 434 g/mol. The second-order valence-corrected chi connectivity index (χ2v) is 7.68. The molecule has 29 heavy (non-hydrogen) atoms. The molecule has 7 nitrogen and oxygen atoms in total. The van der Waals surface area contributed by atoms with Gasteiger partial charge >= 0.3 is 0 Å². The number of fused-ring (bicyclic) bond motifs is 1. The van der Waals surface area contributed by atoms with Crippen LogP contribution >= 0.6 is 15.9 Å². The van der Waals surface area contributed by atoms with E-state index in [4.69, 9.17) is 0 Å². The fourth-order valence-electron chi connectivity index (χ4n) is 3.27. The second kappa shape index (κ2) is 9.76. The molecule has 8 heteroatoms. The van der Waals surface area contributed by atoms with Crippen LogP contribution in [0.5, 0.6) is 5.88 Å². The number of amides is 1. The number of hydrogen-bond acceptors (Lipinski definition) is 5. The van der Waals surface area contributed by atoms with Crippen molar-refractivity contribution in [1.82, 2.24) is 14.5 Å². The van der Waals surface area contributed by atoms with Crippen LogP contribution in [0.4, 0.5) is 5.69 Å². The number of pyridine rings is 1. The normalized spacial score (nSPS) is 11.7. The molecule has 2 heterocycles. The highest BCUT2D eigenvalue weighted by molar-refractivity contribution is 9.10. The number of azo groups is 1. The molecule has 0 bridgehead atoms. The van der Waals surface area contributed by atoms with Gasteiger partial charge in [-0.1, -0.05) is 29.8 Å². The molecule has 0 saturated carbocycles. The van der Waals surface area contributed by atoms with E-state index >= 15 is 0 Å². The van der Waals surface area contributed by atoms with E-state index in [1.807, 2.05) is 22.8 Å². The van der Waals surface area contributed by atoms with Crippen LogP contribution < -0.4 is 0 Å². The first-order chi connectivity index (χ1) is 14.0. The Balaban J connectivity index is 2.00. The molecule has 152 valence electrons. The van der Waals surface area contributed by atoms with Gasteiger partial charge in [-0.25, -0.2) is 0 Å². The third-order valence-corrected chi connectivity index (χ3v) is 5.05. The number of rotatable bonds is 8. The lowest BCUT2D eigenvalue weighted by atomic mass is 10.2. The molecule has 0 atom stereocenters. The summed E-state index contributed by atoms with van der Waals surface area (Å²) in [5.74, 6) is -0.483. The van der Waals surface area contributed by atoms with Crippen molar-refractivity contribution in [2.75, 3.05) is 13.1 Å². The monoisotopic (exact) mass is 457 g/mol. The van der Waals surface area contributed by atoms with Crippen LogP contribution in [0.3, 0.4) is 0 Å². The first-order valence-electron chi connectivity index (χ1n) is 9.64. The highest BCUT2D eigenvalue weighted by Crippen LogP contribution is 2.40. The van der Waals surface area contributed by atoms with E-state index in [-0.39, 0.29) is 11.6 Å². The van der Waals surface area contributed by atoms with Crippen LogP contribution in [0.15, 0.2) is 57.4 Å². The Kier molecular flexibility index (Phi) is 7.11. The fourth-order valence-corrected chi connectivity index (χ4v) is 3.63. The van der Waals surface area contributed by atoms with E-state index in [2.05, 4.69) is 49.9 Å². The van der Waals surface area contributed by atoms with E-state index in [1.54, 1.807) is 12.1 Å². The predicted molar refractivity (Wildman–Crippen MR) is 117 cm³/mol. The Hall–Kier alpha value is -2.58. The number of aromatic nitrogens is 2. The van der Waals surface area contributed by atoms with E-state index < -0.39 is 5.91 Å². The Morgan fingerprint density at radius 3 is 2.52 bits per heavy atom. The van der Waals surface area contributed by atoms with Crippen molar-refractivity contribution in [1.29, 1.82) is 0 Å². The lowest BCUT2D eigenvalue weighted by Gasteiger charge is -2.22. The molecule has 0 aliphatic heterocycles. The third-order valence-electron chi connectivity index (χ3n) is 4.56. The van der Waals surface area contributed by atoms with E-state index in [0.29, 0.717) is 12.2 Å². The minimum Gasteiger partial charge on any atom is -0.493 e. The second-order valence-electron chi connectivity index (χ2n) is 6.76. The summed E-state index contributed by atoms with van der Waals surface area (Å²) in [6.45, 7) is 6.68. The van der Waals surface area contributed by atoms with Crippen LogP contribution in [0, 0.1) is 0 Å². The summed E-state index contributed by atoms with van der Waals surface area (Å²) < 4.78 is 2.68. The Labute approximate surface area is 178 Å². The lowest BCUT2D eigenvalue weighted by Crippen LogP contribution is -2.27. The number of hydrogen-bond donors (Lipinski definition) is 1. The van der Waals surface area contributed by atoms with Gasteiger partial charge in [0.05, 0.1) is 12.2 Å². The van der Waals surface area contributed by atoms with Gasteiger partial charge in [-0.15, -0.1) is 10.2 Å². The van der Waals surface area contributed by atoms with E-state index in [9.17, 15) is 9.90 Å². The zero-order valence-electron chi connectivity index (χ0n) is 16.5. The maximum Gasteiger partial charge on any atom is 0.295 e. The van der Waals surface area contributed by atoms with Crippen molar-refractivity contribution in [3.05, 3.63) is 52.8 Å². The molecular formula is C21H24BrN5O2. The van der Waals surface area contributed by atoms with Gasteiger partial charge in [0.1, 0.15) is 0 Å². The predicted octanol–water partition coefficient (Wildman–Crippen LogP) is 5.51. The van der Waals surface area contributed by atoms with Gasteiger partial charge in [0, 0.05) is 27.8 Å². The topological polar surface area (TPSA) is 83.1 Å². The smallest absolute Gasteiger partial charge is 0.295 e. The molecule has 2 aromatic heterocycles. The Morgan fingerprint density at radius 2 is 1.86 bits per heavy atom. The van der Waals surface area contributed by atoms with Gasteiger partial charge in [-0.3, -0.25) is 19.2 Å². The van der Waals surface area contributed by atoms with Crippen molar-refractivity contribution < 1.29 is 9.90 Å². The fraction of sp³-hybridized carbons (Fsp3) is 0.333. The molecule has 3 aromatic rings. The molecule has 1 aromatic carbocycles. The molecule has 3 rings (SSSR count). The summed E-state index contributed by atoms with van der Waals surface area (Å²) in [5.41, 5.74) is 1.52. The third kappa shape index (κ3) is 4.89. The molecule has 0 saturated heterocycles. The number of carbonyl (C=O) groups is 1. The minimum absolute atomic E-state index is 0.00147. The van der Waals surface area contributed by atoms with Crippen LogP contribution in [-0.2, 0) is 6.67 Å².